The van der Waals surface area contributed by atoms with Gasteiger partial charge in [-0.3, -0.25) is 9.59 Å². The molecule has 34 heavy (non-hydrogen) atoms. The van der Waals surface area contributed by atoms with Crippen molar-refractivity contribution in [3.63, 3.8) is 0 Å². The van der Waals surface area contributed by atoms with E-state index in [1.807, 2.05) is 31.2 Å². The highest BCUT2D eigenvalue weighted by molar-refractivity contribution is 5.86. The highest BCUT2D eigenvalue weighted by Crippen LogP contribution is 2.44. The summed E-state index contributed by atoms with van der Waals surface area (Å²) in [7, 11) is 0. The lowest BCUT2D eigenvalue weighted by Gasteiger charge is -2.33. The summed E-state index contributed by atoms with van der Waals surface area (Å²) in [6.45, 7) is 2.90. The molecule has 0 aromatic heterocycles. The van der Waals surface area contributed by atoms with Crippen LogP contribution in [-0.2, 0) is 14.3 Å². The van der Waals surface area contributed by atoms with E-state index >= 15 is 0 Å². The Labute approximate surface area is 200 Å². The maximum absolute atomic E-state index is 13.2. The molecule has 4 rings (SSSR count). The van der Waals surface area contributed by atoms with Gasteiger partial charge in [0.15, 0.2) is 0 Å². The van der Waals surface area contributed by atoms with Gasteiger partial charge < -0.3 is 20.1 Å². The van der Waals surface area contributed by atoms with Crippen molar-refractivity contribution in [2.24, 2.45) is 5.92 Å². The van der Waals surface area contributed by atoms with Gasteiger partial charge >= 0.3 is 12.1 Å². The number of benzene rings is 2. The summed E-state index contributed by atoms with van der Waals surface area (Å²) < 4.78 is 5.63. The lowest BCUT2D eigenvalue weighted by atomic mass is 9.97. The molecule has 0 spiro atoms. The number of amides is 2. The Bertz CT molecular complexity index is 1010. The highest BCUT2D eigenvalue weighted by atomic mass is 16.5. The standard InChI is InChI=1S/C27H32N2O5/c1-2-3-14-24(25(30)29-15-8-9-18(16-29)26(31)32)28-27(33)34-17-23-21-12-6-4-10-19(21)20-11-5-7-13-22(20)23/h4-7,10-13,18,23-24H,2-3,8-9,14-17H2,1H3,(H,28,33)(H,31,32)/t18?,24-/m0/s1. The van der Waals surface area contributed by atoms with E-state index in [2.05, 4.69) is 29.6 Å². The minimum atomic E-state index is -0.882. The first kappa shape index (κ1) is 23.8. The van der Waals surface area contributed by atoms with Gasteiger partial charge in [-0.1, -0.05) is 68.3 Å². The number of fused-ring (bicyclic) bond motifs is 3. The average Bonchev–Trinajstić information content (AvgIpc) is 3.18. The lowest BCUT2D eigenvalue weighted by Crippen LogP contribution is -2.52. The molecule has 1 heterocycles. The molecular weight excluding hydrogens is 432 g/mol. The topological polar surface area (TPSA) is 95.9 Å². The molecule has 1 unspecified atom stereocenters. The van der Waals surface area contributed by atoms with Crippen LogP contribution in [0.25, 0.3) is 11.1 Å². The maximum Gasteiger partial charge on any atom is 0.407 e. The van der Waals surface area contributed by atoms with E-state index in [-0.39, 0.29) is 25.0 Å². The highest BCUT2D eigenvalue weighted by Gasteiger charge is 2.33. The molecule has 1 aliphatic heterocycles. The molecular formula is C27H32N2O5. The normalized spacial score (nSPS) is 18.0. The number of carboxylic acid groups (broad SMARTS) is 1. The minimum Gasteiger partial charge on any atom is -0.481 e. The molecule has 7 nitrogen and oxygen atoms in total. The lowest BCUT2D eigenvalue weighted by molar-refractivity contribution is -0.146. The number of piperidine rings is 1. The fourth-order valence-electron chi connectivity index (χ4n) is 5.05. The third-order valence-electron chi connectivity index (χ3n) is 6.86. The van der Waals surface area contributed by atoms with E-state index in [0.29, 0.717) is 25.8 Å². The first-order chi connectivity index (χ1) is 16.5. The zero-order valence-electron chi connectivity index (χ0n) is 19.5. The van der Waals surface area contributed by atoms with Crippen molar-refractivity contribution in [1.29, 1.82) is 0 Å². The van der Waals surface area contributed by atoms with E-state index in [1.54, 1.807) is 4.90 Å². The SMILES string of the molecule is CCCC[C@H](NC(=O)OCC1c2ccccc2-c2ccccc21)C(=O)N1CCCC(C(=O)O)C1. The summed E-state index contributed by atoms with van der Waals surface area (Å²) >= 11 is 0. The largest absolute Gasteiger partial charge is 0.481 e. The Balaban J connectivity index is 1.41. The van der Waals surface area contributed by atoms with Gasteiger partial charge in [-0.15, -0.1) is 0 Å². The van der Waals surface area contributed by atoms with Gasteiger partial charge in [-0.2, -0.15) is 0 Å². The smallest absolute Gasteiger partial charge is 0.407 e. The summed E-state index contributed by atoms with van der Waals surface area (Å²) in [6, 6.07) is 15.5. The number of hydrogen-bond acceptors (Lipinski definition) is 4. The molecule has 7 heteroatoms. The van der Waals surface area contributed by atoms with Crippen LogP contribution in [0.3, 0.4) is 0 Å². The summed E-state index contributed by atoms with van der Waals surface area (Å²) in [6.07, 6.45) is 2.74. The quantitative estimate of drug-likeness (QED) is 0.603. The van der Waals surface area contributed by atoms with Crippen LogP contribution >= 0.6 is 0 Å². The first-order valence-corrected chi connectivity index (χ1v) is 12.1. The molecule has 180 valence electrons. The van der Waals surface area contributed by atoms with E-state index < -0.39 is 24.0 Å². The van der Waals surface area contributed by atoms with Gasteiger partial charge in [0.1, 0.15) is 12.6 Å². The number of nitrogens with one attached hydrogen (secondary N) is 1. The van der Waals surface area contributed by atoms with Crippen molar-refractivity contribution in [1.82, 2.24) is 10.2 Å². The fourth-order valence-corrected chi connectivity index (χ4v) is 5.05. The Morgan fingerprint density at radius 3 is 2.35 bits per heavy atom. The van der Waals surface area contributed by atoms with Gasteiger partial charge in [0.25, 0.3) is 0 Å². The molecule has 0 radical (unpaired) electrons. The van der Waals surface area contributed by atoms with Crippen LogP contribution in [0, 0.1) is 5.92 Å². The van der Waals surface area contributed by atoms with Crippen molar-refractivity contribution in [3.8, 4) is 11.1 Å². The minimum absolute atomic E-state index is 0.0543. The van der Waals surface area contributed by atoms with Crippen LogP contribution < -0.4 is 5.32 Å². The van der Waals surface area contributed by atoms with Crippen LogP contribution in [0.5, 0.6) is 0 Å². The second kappa shape index (κ2) is 10.7. The number of aliphatic carboxylic acids is 1. The van der Waals surface area contributed by atoms with E-state index in [9.17, 15) is 19.5 Å². The number of alkyl carbamates (subject to hydrolysis) is 1. The van der Waals surface area contributed by atoms with Crippen LogP contribution in [0.1, 0.15) is 56.1 Å². The molecule has 1 aliphatic carbocycles. The molecule has 2 aromatic carbocycles. The molecule has 2 N–H and O–H groups in total. The van der Waals surface area contributed by atoms with Gasteiger partial charge in [0, 0.05) is 19.0 Å². The van der Waals surface area contributed by atoms with Crippen molar-refractivity contribution in [2.75, 3.05) is 19.7 Å². The Morgan fingerprint density at radius 1 is 1.09 bits per heavy atom. The number of carbonyl (C=O) groups excluding carboxylic acids is 2. The van der Waals surface area contributed by atoms with Crippen LogP contribution in [0.15, 0.2) is 48.5 Å². The molecule has 2 atom stereocenters. The Kier molecular flexibility index (Phi) is 7.50. The van der Waals surface area contributed by atoms with Crippen molar-refractivity contribution >= 4 is 18.0 Å². The Morgan fingerprint density at radius 2 is 1.74 bits per heavy atom. The maximum atomic E-state index is 13.2. The van der Waals surface area contributed by atoms with E-state index in [0.717, 1.165) is 35.1 Å². The molecule has 2 aromatic rings. The number of ether oxygens (including phenoxy) is 1. The number of nitrogens with zero attached hydrogens (tertiary/aromatic N) is 1. The van der Waals surface area contributed by atoms with Crippen molar-refractivity contribution in [3.05, 3.63) is 59.7 Å². The zero-order chi connectivity index (χ0) is 24.1. The van der Waals surface area contributed by atoms with Gasteiger partial charge in [0.05, 0.1) is 5.92 Å². The van der Waals surface area contributed by atoms with Crippen molar-refractivity contribution in [2.45, 2.75) is 51.0 Å². The number of carbonyl (C=O) groups is 3. The molecule has 2 amide bonds. The molecule has 1 fully saturated rings. The van der Waals surface area contributed by atoms with E-state index in [1.165, 1.54) is 0 Å². The van der Waals surface area contributed by atoms with Crippen molar-refractivity contribution < 1.29 is 24.2 Å². The number of hydrogen-bond donors (Lipinski definition) is 2. The number of rotatable bonds is 8. The zero-order valence-corrected chi connectivity index (χ0v) is 19.5. The molecule has 2 aliphatic rings. The summed E-state index contributed by atoms with van der Waals surface area (Å²) in [5.74, 6) is -1.72. The summed E-state index contributed by atoms with van der Waals surface area (Å²) in [5, 5.41) is 12.1. The average molecular weight is 465 g/mol. The van der Waals surface area contributed by atoms with Crippen LogP contribution in [0.2, 0.25) is 0 Å². The molecule has 0 saturated carbocycles. The van der Waals surface area contributed by atoms with Crippen LogP contribution in [0.4, 0.5) is 4.79 Å². The number of unbranched alkanes of at least 4 members (excludes halogenated alkanes) is 1. The second-order valence-corrected chi connectivity index (χ2v) is 9.13. The van der Waals surface area contributed by atoms with Gasteiger partial charge in [-0.25, -0.2) is 4.79 Å². The summed E-state index contributed by atoms with van der Waals surface area (Å²) in [5.41, 5.74) is 4.56. The number of likely N-dealkylation sites (tertiary alicyclic amines) is 1. The van der Waals surface area contributed by atoms with Gasteiger partial charge in [-0.05, 0) is 41.5 Å². The van der Waals surface area contributed by atoms with Gasteiger partial charge in [0.2, 0.25) is 5.91 Å². The predicted octanol–water partition coefficient (Wildman–Crippen LogP) is 4.41. The fraction of sp³-hybridized carbons (Fsp3) is 0.444. The van der Waals surface area contributed by atoms with E-state index in [4.69, 9.17) is 4.74 Å². The number of carboxylic acids is 1. The Hall–Kier alpha value is -3.35. The second-order valence-electron chi connectivity index (χ2n) is 9.13. The third kappa shape index (κ3) is 5.08. The monoisotopic (exact) mass is 464 g/mol. The third-order valence-corrected chi connectivity index (χ3v) is 6.86. The molecule has 1 saturated heterocycles. The van der Waals surface area contributed by atoms with Crippen LogP contribution in [-0.4, -0.2) is 53.7 Å². The molecule has 0 bridgehead atoms. The first-order valence-electron chi connectivity index (χ1n) is 12.1. The predicted molar refractivity (Wildman–Crippen MR) is 128 cm³/mol. The summed E-state index contributed by atoms with van der Waals surface area (Å²) in [4.78, 5) is 38.9.